The average Bonchev–Trinajstić information content (AvgIpc) is 3.52. The number of para-hydroxylation sites is 1. The minimum absolute atomic E-state index is 0.0911. The van der Waals surface area contributed by atoms with Crippen LogP contribution in [0.5, 0.6) is 0 Å². The highest BCUT2D eigenvalue weighted by Gasteiger charge is 2.32. The minimum Gasteiger partial charge on any atom is -0.356 e. The van der Waals surface area contributed by atoms with Crippen LogP contribution < -0.4 is 5.32 Å². The van der Waals surface area contributed by atoms with Crippen LogP contribution in [0.2, 0.25) is 0 Å². The Morgan fingerprint density at radius 3 is 2.70 bits per heavy atom. The fourth-order valence-electron chi connectivity index (χ4n) is 4.35. The monoisotopic (exact) mass is 416 g/mol. The molecule has 6 heteroatoms. The van der Waals surface area contributed by atoms with Gasteiger partial charge in [0.05, 0.1) is 22.0 Å². The smallest absolute Gasteiger partial charge is 0.223 e. The van der Waals surface area contributed by atoms with Crippen molar-refractivity contribution in [3.05, 3.63) is 60.8 Å². The zero-order valence-electron chi connectivity index (χ0n) is 16.9. The van der Waals surface area contributed by atoms with Crippen molar-refractivity contribution in [2.75, 3.05) is 6.54 Å². The van der Waals surface area contributed by atoms with Crippen molar-refractivity contribution in [3.8, 4) is 21.8 Å². The number of nitrogens with zero attached hydrogens (tertiary/aromatic N) is 3. The standard InChI is InChI=1S/C24H24N4OS/c1-2-25-23(29)18-11-12-19(15-18)28-21(13-14-26-28)16-7-9-17(10-8-16)24-27-20-5-3-4-6-22(20)30-24/h3-10,13-14,18-19H,2,11-12,15H2,1H3,(H,25,29)/t18-,19+/m0/s1. The molecule has 1 amide bonds. The molecular formula is C24H24N4OS. The molecule has 1 aliphatic carbocycles. The molecule has 0 aliphatic heterocycles. The van der Waals surface area contributed by atoms with E-state index in [1.807, 2.05) is 25.3 Å². The Labute approximate surface area is 179 Å². The molecule has 5 nitrogen and oxygen atoms in total. The molecule has 4 aromatic rings. The van der Waals surface area contributed by atoms with Crippen molar-refractivity contribution in [2.45, 2.75) is 32.2 Å². The van der Waals surface area contributed by atoms with E-state index in [2.05, 4.69) is 57.6 Å². The van der Waals surface area contributed by atoms with Crippen LogP contribution in [0, 0.1) is 5.92 Å². The van der Waals surface area contributed by atoms with Gasteiger partial charge in [0.15, 0.2) is 0 Å². The molecule has 0 spiro atoms. The van der Waals surface area contributed by atoms with Crippen molar-refractivity contribution >= 4 is 27.5 Å². The maximum atomic E-state index is 12.2. The van der Waals surface area contributed by atoms with Crippen molar-refractivity contribution in [2.24, 2.45) is 5.92 Å². The van der Waals surface area contributed by atoms with Crippen LogP contribution >= 0.6 is 11.3 Å². The number of hydrogen-bond acceptors (Lipinski definition) is 4. The Kier molecular flexibility index (Phi) is 5.09. The predicted molar refractivity (Wildman–Crippen MR) is 121 cm³/mol. The number of carbonyl (C=O) groups excluding carboxylic acids is 1. The number of fused-ring (bicyclic) bond motifs is 1. The minimum atomic E-state index is 0.0911. The SMILES string of the molecule is CCNC(=O)[C@H]1CC[C@@H](n2nccc2-c2ccc(-c3nc4ccccc4s3)cc2)C1. The highest BCUT2D eigenvalue weighted by Crippen LogP contribution is 2.37. The summed E-state index contributed by atoms with van der Waals surface area (Å²) in [5, 5.41) is 8.59. The Balaban J connectivity index is 1.37. The number of carbonyl (C=O) groups is 1. The van der Waals surface area contributed by atoms with Crippen molar-refractivity contribution in [1.29, 1.82) is 0 Å². The zero-order chi connectivity index (χ0) is 20.5. The van der Waals surface area contributed by atoms with Gasteiger partial charge in [-0.15, -0.1) is 11.3 Å². The van der Waals surface area contributed by atoms with Gasteiger partial charge in [0.2, 0.25) is 5.91 Å². The number of hydrogen-bond donors (Lipinski definition) is 1. The third kappa shape index (κ3) is 3.52. The van der Waals surface area contributed by atoms with Gasteiger partial charge >= 0.3 is 0 Å². The molecule has 1 aliphatic rings. The van der Waals surface area contributed by atoms with Gasteiger partial charge in [0.1, 0.15) is 5.01 Å². The lowest BCUT2D eigenvalue weighted by Gasteiger charge is -2.15. The third-order valence-corrected chi connectivity index (χ3v) is 6.95. The summed E-state index contributed by atoms with van der Waals surface area (Å²) in [6.45, 7) is 2.65. The second-order valence-electron chi connectivity index (χ2n) is 7.78. The van der Waals surface area contributed by atoms with Crippen LogP contribution in [-0.4, -0.2) is 27.2 Å². The summed E-state index contributed by atoms with van der Waals surface area (Å²) in [6.07, 6.45) is 4.62. The Bertz CT molecular complexity index is 1140. The first-order valence-electron chi connectivity index (χ1n) is 10.5. The molecule has 2 atom stereocenters. The lowest BCUT2D eigenvalue weighted by Crippen LogP contribution is -2.29. The number of thiazole rings is 1. The largest absolute Gasteiger partial charge is 0.356 e. The van der Waals surface area contributed by atoms with Gasteiger partial charge in [-0.1, -0.05) is 36.4 Å². The van der Waals surface area contributed by atoms with Crippen LogP contribution in [0.1, 0.15) is 32.2 Å². The van der Waals surface area contributed by atoms with E-state index in [4.69, 9.17) is 4.98 Å². The molecule has 2 aromatic carbocycles. The molecule has 2 heterocycles. The fraction of sp³-hybridized carbons (Fsp3) is 0.292. The maximum absolute atomic E-state index is 12.2. The van der Waals surface area contributed by atoms with E-state index < -0.39 is 0 Å². The summed E-state index contributed by atoms with van der Waals surface area (Å²) in [4.78, 5) is 17.0. The quantitative estimate of drug-likeness (QED) is 0.480. The number of amides is 1. The molecule has 0 unspecified atom stereocenters. The van der Waals surface area contributed by atoms with Crippen LogP contribution in [0.15, 0.2) is 60.8 Å². The van der Waals surface area contributed by atoms with Gasteiger partial charge in [0, 0.05) is 24.2 Å². The van der Waals surface area contributed by atoms with Crippen LogP contribution in [0.25, 0.3) is 32.0 Å². The zero-order valence-corrected chi connectivity index (χ0v) is 17.7. The van der Waals surface area contributed by atoms with Crippen molar-refractivity contribution in [3.63, 3.8) is 0 Å². The van der Waals surface area contributed by atoms with Crippen LogP contribution in [-0.2, 0) is 4.79 Å². The van der Waals surface area contributed by atoms with Gasteiger partial charge in [-0.3, -0.25) is 9.48 Å². The van der Waals surface area contributed by atoms with Crippen molar-refractivity contribution in [1.82, 2.24) is 20.1 Å². The molecular weight excluding hydrogens is 392 g/mol. The van der Waals surface area contributed by atoms with Gasteiger partial charge in [0.25, 0.3) is 0 Å². The summed E-state index contributed by atoms with van der Waals surface area (Å²) in [5.41, 5.74) is 4.41. The molecule has 0 radical (unpaired) electrons. The van der Waals surface area contributed by atoms with Crippen LogP contribution in [0.3, 0.4) is 0 Å². The van der Waals surface area contributed by atoms with E-state index in [1.165, 1.54) is 4.70 Å². The number of benzene rings is 2. The highest BCUT2D eigenvalue weighted by atomic mass is 32.1. The lowest BCUT2D eigenvalue weighted by atomic mass is 10.1. The molecule has 2 aromatic heterocycles. The molecule has 1 fully saturated rings. The van der Waals surface area contributed by atoms with Crippen LogP contribution in [0.4, 0.5) is 0 Å². The summed E-state index contributed by atoms with van der Waals surface area (Å²) in [5.74, 6) is 0.266. The second kappa shape index (κ2) is 8.03. The fourth-order valence-corrected chi connectivity index (χ4v) is 5.32. The lowest BCUT2D eigenvalue weighted by molar-refractivity contribution is -0.124. The average molecular weight is 417 g/mol. The molecule has 0 bridgehead atoms. The molecule has 1 N–H and O–H groups in total. The predicted octanol–water partition coefficient (Wildman–Crippen LogP) is 5.30. The van der Waals surface area contributed by atoms with Gasteiger partial charge in [-0.25, -0.2) is 4.98 Å². The number of rotatable bonds is 5. The topological polar surface area (TPSA) is 59.8 Å². The maximum Gasteiger partial charge on any atom is 0.223 e. The Morgan fingerprint density at radius 2 is 1.90 bits per heavy atom. The van der Waals surface area contributed by atoms with Gasteiger partial charge < -0.3 is 5.32 Å². The summed E-state index contributed by atoms with van der Waals surface area (Å²) in [6, 6.07) is 19.1. The van der Waals surface area contributed by atoms with E-state index in [9.17, 15) is 4.79 Å². The second-order valence-corrected chi connectivity index (χ2v) is 8.81. The normalized spacial score (nSPS) is 18.7. The highest BCUT2D eigenvalue weighted by molar-refractivity contribution is 7.21. The van der Waals surface area contributed by atoms with Gasteiger partial charge in [-0.2, -0.15) is 5.10 Å². The molecule has 5 rings (SSSR count). The Hall–Kier alpha value is -2.99. The summed E-state index contributed by atoms with van der Waals surface area (Å²) < 4.78 is 3.31. The van der Waals surface area contributed by atoms with E-state index in [0.717, 1.165) is 46.6 Å². The van der Waals surface area contributed by atoms with E-state index in [-0.39, 0.29) is 17.9 Å². The molecule has 0 saturated heterocycles. The first kappa shape index (κ1) is 19.0. The number of aromatic nitrogens is 3. The summed E-state index contributed by atoms with van der Waals surface area (Å²) in [7, 11) is 0. The van der Waals surface area contributed by atoms with Gasteiger partial charge in [-0.05, 0) is 49.9 Å². The van der Waals surface area contributed by atoms with E-state index in [0.29, 0.717) is 6.54 Å². The van der Waals surface area contributed by atoms with E-state index in [1.54, 1.807) is 11.3 Å². The molecule has 1 saturated carbocycles. The first-order valence-corrected chi connectivity index (χ1v) is 11.3. The first-order chi connectivity index (χ1) is 14.7. The number of nitrogens with one attached hydrogen (secondary N) is 1. The molecule has 152 valence electrons. The van der Waals surface area contributed by atoms with Crippen molar-refractivity contribution < 1.29 is 4.79 Å². The third-order valence-electron chi connectivity index (χ3n) is 5.86. The van der Waals surface area contributed by atoms with E-state index >= 15 is 0 Å². The molecule has 30 heavy (non-hydrogen) atoms. The summed E-state index contributed by atoms with van der Waals surface area (Å²) >= 11 is 1.72. The Morgan fingerprint density at radius 1 is 1.10 bits per heavy atom.